The lowest BCUT2D eigenvalue weighted by atomic mass is 10.0. The number of rotatable bonds is 2. The van der Waals surface area contributed by atoms with Crippen molar-refractivity contribution >= 4 is 11.6 Å². The quantitative estimate of drug-likeness (QED) is 0.910. The van der Waals surface area contributed by atoms with Crippen molar-refractivity contribution in [2.24, 2.45) is 0 Å². The van der Waals surface area contributed by atoms with Gasteiger partial charge < -0.3 is 14.9 Å². The van der Waals surface area contributed by atoms with E-state index < -0.39 is 6.10 Å². The third kappa shape index (κ3) is 3.53. The van der Waals surface area contributed by atoms with Crippen molar-refractivity contribution in [3.63, 3.8) is 0 Å². The van der Waals surface area contributed by atoms with Crippen LogP contribution in [0.15, 0.2) is 12.1 Å². The molecule has 0 bridgehead atoms. The molecule has 1 amide bonds. The molecule has 1 aliphatic rings. The number of aliphatic hydroxyl groups excluding tert-OH is 1. The van der Waals surface area contributed by atoms with Crippen LogP contribution in [0.2, 0.25) is 0 Å². The highest BCUT2D eigenvalue weighted by molar-refractivity contribution is 5.73. The first kappa shape index (κ1) is 15.8. The van der Waals surface area contributed by atoms with Crippen molar-refractivity contribution in [3.05, 3.63) is 29.1 Å². The van der Waals surface area contributed by atoms with E-state index in [9.17, 15) is 14.3 Å². The summed E-state index contributed by atoms with van der Waals surface area (Å²) in [6, 6.07) is 3.21. The number of carbonyl (C=O) groups excluding carboxylic acids is 1. The number of halogens is 1. The van der Waals surface area contributed by atoms with Gasteiger partial charge in [0.25, 0.3) is 0 Å². The number of hydrogen-bond donors (Lipinski definition) is 1. The van der Waals surface area contributed by atoms with Crippen molar-refractivity contribution in [3.8, 4) is 0 Å². The maximum atomic E-state index is 13.8. The van der Waals surface area contributed by atoms with E-state index in [4.69, 9.17) is 0 Å². The smallest absolute Gasteiger partial charge is 0.219 e. The Balaban J connectivity index is 2.28. The predicted octanol–water partition coefficient (Wildman–Crippen LogP) is 2.25. The fraction of sp³-hybridized carbons (Fsp3) is 0.562. The Morgan fingerprint density at radius 1 is 1.29 bits per heavy atom. The molecule has 116 valence electrons. The first-order chi connectivity index (χ1) is 9.90. The van der Waals surface area contributed by atoms with Crippen molar-refractivity contribution in [2.45, 2.75) is 33.3 Å². The molecule has 2 rings (SSSR count). The van der Waals surface area contributed by atoms with Crippen LogP contribution in [0.1, 0.15) is 37.5 Å². The van der Waals surface area contributed by atoms with Crippen LogP contribution in [0.4, 0.5) is 10.1 Å². The molecule has 4 nitrogen and oxygen atoms in total. The van der Waals surface area contributed by atoms with E-state index in [1.165, 1.54) is 6.07 Å². The minimum atomic E-state index is -0.720. The molecule has 1 saturated heterocycles. The topological polar surface area (TPSA) is 43.8 Å². The number of aryl methyl sites for hydroxylation is 1. The standard InChI is InChI=1S/C16H23FN2O2/c1-11-9-16(14(12(2)20)10-15(11)17)19-6-4-5-18(7-8-19)13(3)21/h9-10,12,20H,4-8H2,1-3H3. The Bertz CT molecular complexity index is 531. The van der Waals surface area contributed by atoms with Gasteiger partial charge in [-0.15, -0.1) is 0 Å². The summed E-state index contributed by atoms with van der Waals surface area (Å²) >= 11 is 0. The Hall–Kier alpha value is -1.62. The second-order valence-corrected chi connectivity index (χ2v) is 5.68. The lowest BCUT2D eigenvalue weighted by Crippen LogP contribution is -2.34. The van der Waals surface area contributed by atoms with Crippen LogP contribution in [0.5, 0.6) is 0 Å². The van der Waals surface area contributed by atoms with E-state index in [2.05, 4.69) is 4.90 Å². The number of nitrogens with zero attached hydrogens (tertiary/aromatic N) is 2. The Labute approximate surface area is 125 Å². The van der Waals surface area contributed by atoms with Crippen LogP contribution < -0.4 is 4.90 Å². The molecule has 1 atom stereocenters. The van der Waals surface area contributed by atoms with Gasteiger partial charge in [0.2, 0.25) is 5.91 Å². The zero-order valence-corrected chi connectivity index (χ0v) is 12.9. The minimum Gasteiger partial charge on any atom is -0.389 e. The highest BCUT2D eigenvalue weighted by Gasteiger charge is 2.21. The van der Waals surface area contributed by atoms with Crippen molar-refractivity contribution in [1.29, 1.82) is 0 Å². The molecule has 5 heteroatoms. The van der Waals surface area contributed by atoms with Gasteiger partial charge in [-0.3, -0.25) is 4.79 Å². The van der Waals surface area contributed by atoms with Crippen LogP contribution in [-0.2, 0) is 4.79 Å². The minimum absolute atomic E-state index is 0.0860. The van der Waals surface area contributed by atoms with Crippen LogP contribution >= 0.6 is 0 Å². The van der Waals surface area contributed by atoms with E-state index in [0.29, 0.717) is 24.2 Å². The number of amides is 1. The third-order valence-corrected chi connectivity index (χ3v) is 4.04. The average Bonchev–Trinajstić information content (AvgIpc) is 2.67. The molecule has 1 heterocycles. The average molecular weight is 294 g/mol. The van der Waals surface area contributed by atoms with Gasteiger partial charge in [-0.1, -0.05) is 0 Å². The molecule has 0 aliphatic carbocycles. The van der Waals surface area contributed by atoms with Crippen molar-refractivity contribution in [1.82, 2.24) is 4.90 Å². The summed E-state index contributed by atoms with van der Waals surface area (Å²) in [6.45, 7) is 7.86. The van der Waals surface area contributed by atoms with E-state index in [0.717, 1.165) is 25.2 Å². The summed E-state index contributed by atoms with van der Waals surface area (Å²) in [6.07, 6.45) is 0.150. The van der Waals surface area contributed by atoms with Crippen LogP contribution in [0, 0.1) is 12.7 Å². The monoisotopic (exact) mass is 294 g/mol. The molecule has 1 aromatic carbocycles. The van der Waals surface area contributed by atoms with Crippen molar-refractivity contribution in [2.75, 3.05) is 31.1 Å². The molecule has 0 aromatic heterocycles. The molecule has 1 aliphatic heterocycles. The van der Waals surface area contributed by atoms with Gasteiger partial charge in [0.15, 0.2) is 0 Å². The lowest BCUT2D eigenvalue weighted by Gasteiger charge is -2.27. The summed E-state index contributed by atoms with van der Waals surface area (Å²) in [4.78, 5) is 15.5. The Morgan fingerprint density at radius 2 is 2.00 bits per heavy atom. The predicted molar refractivity (Wildman–Crippen MR) is 80.9 cm³/mol. The van der Waals surface area contributed by atoms with Crippen LogP contribution in [-0.4, -0.2) is 42.1 Å². The fourth-order valence-corrected chi connectivity index (χ4v) is 2.76. The highest BCUT2D eigenvalue weighted by Crippen LogP contribution is 2.30. The summed E-state index contributed by atoms with van der Waals surface area (Å²) in [5, 5.41) is 9.90. The maximum Gasteiger partial charge on any atom is 0.219 e. The molecule has 1 N–H and O–H groups in total. The summed E-state index contributed by atoms with van der Waals surface area (Å²) in [7, 11) is 0. The van der Waals surface area contributed by atoms with Crippen molar-refractivity contribution < 1.29 is 14.3 Å². The Morgan fingerprint density at radius 3 is 2.62 bits per heavy atom. The largest absolute Gasteiger partial charge is 0.389 e. The number of anilines is 1. The molecule has 0 spiro atoms. The molecular formula is C16H23FN2O2. The number of benzene rings is 1. The van der Waals surface area contributed by atoms with Crippen LogP contribution in [0.3, 0.4) is 0 Å². The molecule has 21 heavy (non-hydrogen) atoms. The third-order valence-electron chi connectivity index (χ3n) is 4.04. The van der Waals surface area contributed by atoms with Gasteiger partial charge in [-0.25, -0.2) is 4.39 Å². The van der Waals surface area contributed by atoms with Gasteiger partial charge >= 0.3 is 0 Å². The molecular weight excluding hydrogens is 271 g/mol. The van der Waals surface area contributed by atoms with Gasteiger partial charge in [0.1, 0.15) is 5.82 Å². The fourth-order valence-electron chi connectivity index (χ4n) is 2.76. The number of hydrogen-bond acceptors (Lipinski definition) is 3. The van der Waals surface area contributed by atoms with E-state index >= 15 is 0 Å². The van der Waals surface area contributed by atoms with Gasteiger partial charge in [0, 0.05) is 44.4 Å². The molecule has 1 aromatic rings. The molecule has 0 saturated carbocycles. The first-order valence-electron chi connectivity index (χ1n) is 7.38. The zero-order valence-electron chi connectivity index (χ0n) is 12.9. The van der Waals surface area contributed by atoms with Gasteiger partial charge in [-0.05, 0) is 38.0 Å². The van der Waals surface area contributed by atoms with E-state index in [-0.39, 0.29) is 11.7 Å². The summed E-state index contributed by atoms with van der Waals surface area (Å²) in [5.41, 5.74) is 2.05. The summed E-state index contributed by atoms with van der Waals surface area (Å²) < 4.78 is 13.8. The normalized spacial score (nSPS) is 17.6. The second-order valence-electron chi connectivity index (χ2n) is 5.68. The number of aliphatic hydroxyl groups is 1. The number of carbonyl (C=O) groups is 1. The SMILES string of the molecule is CC(=O)N1CCCN(c2cc(C)c(F)cc2C(C)O)CC1. The highest BCUT2D eigenvalue weighted by atomic mass is 19.1. The molecule has 0 radical (unpaired) electrons. The molecule has 1 unspecified atom stereocenters. The first-order valence-corrected chi connectivity index (χ1v) is 7.38. The molecule has 1 fully saturated rings. The summed E-state index contributed by atoms with van der Waals surface area (Å²) in [5.74, 6) is -0.210. The maximum absolute atomic E-state index is 13.8. The Kier molecular flexibility index (Phi) is 4.83. The zero-order chi connectivity index (χ0) is 15.6. The second kappa shape index (κ2) is 6.43. The van der Waals surface area contributed by atoms with Gasteiger partial charge in [-0.2, -0.15) is 0 Å². The van der Waals surface area contributed by atoms with Gasteiger partial charge in [0.05, 0.1) is 6.10 Å². The van der Waals surface area contributed by atoms with E-state index in [1.54, 1.807) is 26.8 Å². The van der Waals surface area contributed by atoms with Crippen LogP contribution in [0.25, 0.3) is 0 Å². The lowest BCUT2D eigenvalue weighted by molar-refractivity contribution is -0.128. The van der Waals surface area contributed by atoms with E-state index in [1.807, 2.05) is 4.90 Å².